The summed E-state index contributed by atoms with van der Waals surface area (Å²) < 4.78 is 27.7. The largest absolute Gasteiger partial charge is 0.409 e. The third-order valence-corrected chi connectivity index (χ3v) is 4.23. The van der Waals surface area contributed by atoms with Crippen LogP contribution in [0.25, 0.3) is 0 Å². The standard InChI is InChI=1S/C8H19N5O3S/c1-10-17(15,16)12-8(7(9)11-14)3-5-13(2)6-4-8/h10,12,14H,3-6H2,1-2H3,(H2,9,11). The van der Waals surface area contributed by atoms with Gasteiger partial charge in [-0.15, -0.1) is 0 Å². The molecule has 0 aromatic carbocycles. The summed E-state index contributed by atoms with van der Waals surface area (Å²) in [7, 11) is -0.404. The second-order valence-corrected chi connectivity index (χ2v) is 5.80. The number of piperidine rings is 1. The predicted octanol–water partition coefficient (Wildman–Crippen LogP) is -1.75. The molecule has 0 amide bonds. The first-order valence-corrected chi connectivity index (χ1v) is 6.72. The first-order valence-electron chi connectivity index (χ1n) is 5.24. The number of hydrogen-bond donors (Lipinski definition) is 4. The SMILES string of the molecule is CNS(=O)(=O)NC1(C(N)=NO)CCN(C)CC1. The topological polar surface area (TPSA) is 120 Å². The number of hydrogen-bond acceptors (Lipinski definition) is 5. The summed E-state index contributed by atoms with van der Waals surface area (Å²) in [5.41, 5.74) is 4.61. The van der Waals surface area contributed by atoms with Gasteiger partial charge in [0.15, 0.2) is 5.84 Å². The zero-order valence-corrected chi connectivity index (χ0v) is 10.8. The molecule has 1 rings (SSSR count). The summed E-state index contributed by atoms with van der Waals surface area (Å²) in [6.45, 7) is 1.34. The Kier molecular flexibility index (Phi) is 4.31. The van der Waals surface area contributed by atoms with Crippen molar-refractivity contribution in [3.8, 4) is 0 Å². The van der Waals surface area contributed by atoms with Gasteiger partial charge in [-0.25, -0.2) is 4.72 Å². The highest BCUT2D eigenvalue weighted by molar-refractivity contribution is 7.87. The first kappa shape index (κ1) is 14.2. The van der Waals surface area contributed by atoms with Crippen molar-refractivity contribution >= 4 is 16.0 Å². The van der Waals surface area contributed by atoms with Crippen molar-refractivity contribution in [3.05, 3.63) is 0 Å². The number of nitrogens with two attached hydrogens (primary N) is 1. The Morgan fingerprint density at radius 3 is 2.41 bits per heavy atom. The molecule has 9 heteroatoms. The molecule has 0 aromatic rings. The summed E-state index contributed by atoms with van der Waals surface area (Å²) in [6.07, 6.45) is 0.917. The molecule has 0 atom stereocenters. The Bertz CT molecular complexity index is 386. The number of amidine groups is 1. The molecule has 0 spiro atoms. The minimum atomic E-state index is -3.64. The minimum Gasteiger partial charge on any atom is -0.409 e. The van der Waals surface area contributed by atoms with Crippen LogP contribution < -0.4 is 15.2 Å². The van der Waals surface area contributed by atoms with E-state index < -0.39 is 15.7 Å². The van der Waals surface area contributed by atoms with Crippen LogP contribution in [0.4, 0.5) is 0 Å². The molecule has 100 valence electrons. The van der Waals surface area contributed by atoms with Gasteiger partial charge in [0.05, 0.1) is 5.54 Å². The van der Waals surface area contributed by atoms with E-state index in [1.54, 1.807) is 0 Å². The fraction of sp³-hybridized carbons (Fsp3) is 0.875. The second-order valence-electron chi connectivity index (χ2n) is 4.18. The van der Waals surface area contributed by atoms with Crippen molar-refractivity contribution in [1.82, 2.24) is 14.3 Å². The van der Waals surface area contributed by atoms with E-state index in [0.29, 0.717) is 25.9 Å². The lowest BCUT2D eigenvalue weighted by atomic mass is 9.88. The fourth-order valence-electron chi connectivity index (χ4n) is 1.81. The Labute approximate surface area is 101 Å². The van der Waals surface area contributed by atoms with E-state index in [1.165, 1.54) is 7.05 Å². The van der Waals surface area contributed by atoms with Crippen molar-refractivity contribution in [1.29, 1.82) is 0 Å². The molecule has 0 radical (unpaired) electrons. The molecule has 0 bridgehead atoms. The van der Waals surface area contributed by atoms with Crippen LogP contribution in [-0.2, 0) is 10.2 Å². The zero-order chi connectivity index (χ0) is 13.1. The van der Waals surface area contributed by atoms with Gasteiger partial charge in [0.1, 0.15) is 0 Å². The van der Waals surface area contributed by atoms with Crippen LogP contribution in [-0.4, -0.2) is 57.1 Å². The van der Waals surface area contributed by atoms with Crippen LogP contribution in [0.3, 0.4) is 0 Å². The molecule has 0 aliphatic carbocycles. The summed E-state index contributed by atoms with van der Waals surface area (Å²) in [5, 5.41) is 11.7. The van der Waals surface area contributed by atoms with Gasteiger partial charge < -0.3 is 15.8 Å². The average molecular weight is 265 g/mol. The van der Waals surface area contributed by atoms with Crippen LogP contribution in [0.5, 0.6) is 0 Å². The molecule has 17 heavy (non-hydrogen) atoms. The van der Waals surface area contributed by atoms with Crippen LogP contribution >= 0.6 is 0 Å². The fourth-order valence-corrected chi connectivity index (χ4v) is 2.74. The van der Waals surface area contributed by atoms with E-state index in [2.05, 4.69) is 19.5 Å². The molecule has 1 heterocycles. The molecule has 1 aliphatic rings. The van der Waals surface area contributed by atoms with Gasteiger partial charge in [0.2, 0.25) is 0 Å². The van der Waals surface area contributed by atoms with E-state index in [-0.39, 0.29) is 5.84 Å². The average Bonchev–Trinajstić information content (AvgIpc) is 2.31. The van der Waals surface area contributed by atoms with Gasteiger partial charge in [-0.3, -0.25) is 0 Å². The van der Waals surface area contributed by atoms with E-state index in [0.717, 1.165) is 0 Å². The van der Waals surface area contributed by atoms with Gasteiger partial charge in [-0.05, 0) is 19.9 Å². The number of likely N-dealkylation sites (tertiary alicyclic amines) is 1. The van der Waals surface area contributed by atoms with Crippen molar-refractivity contribution in [2.75, 3.05) is 27.2 Å². The normalized spacial score (nSPS) is 22.6. The van der Waals surface area contributed by atoms with Crippen molar-refractivity contribution in [3.63, 3.8) is 0 Å². The maximum atomic E-state index is 11.5. The molecule has 5 N–H and O–H groups in total. The number of oxime groups is 1. The Hall–Kier alpha value is -0.900. The molecule has 0 aromatic heterocycles. The maximum Gasteiger partial charge on any atom is 0.277 e. The van der Waals surface area contributed by atoms with Gasteiger partial charge in [-0.2, -0.15) is 13.1 Å². The smallest absolute Gasteiger partial charge is 0.277 e. The zero-order valence-electron chi connectivity index (χ0n) is 9.97. The van der Waals surface area contributed by atoms with Crippen molar-refractivity contribution in [2.45, 2.75) is 18.4 Å². The molecule has 0 saturated carbocycles. The Morgan fingerprint density at radius 2 is 2.00 bits per heavy atom. The van der Waals surface area contributed by atoms with Crippen molar-refractivity contribution in [2.24, 2.45) is 10.9 Å². The maximum absolute atomic E-state index is 11.5. The lowest BCUT2D eigenvalue weighted by molar-refractivity contribution is 0.213. The van der Waals surface area contributed by atoms with Crippen molar-refractivity contribution < 1.29 is 13.6 Å². The van der Waals surface area contributed by atoms with Crippen LogP contribution in [0, 0.1) is 0 Å². The molecule has 1 aliphatic heterocycles. The Balaban J connectivity index is 2.96. The number of nitrogens with zero attached hydrogens (tertiary/aromatic N) is 2. The minimum absolute atomic E-state index is 0.107. The number of rotatable bonds is 4. The summed E-state index contributed by atoms with van der Waals surface area (Å²) in [6, 6.07) is 0. The van der Waals surface area contributed by atoms with Crippen LogP contribution in [0.15, 0.2) is 5.16 Å². The lowest BCUT2D eigenvalue weighted by Crippen LogP contribution is -2.63. The summed E-state index contributed by atoms with van der Waals surface area (Å²) >= 11 is 0. The molecule has 1 fully saturated rings. The van der Waals surface area contributed by atoms with E-state index in [1.807, 2.05) is 7.05 Å². The van der Waals surface area contributed by atoms with Gasteiger partial charge in [-0.1, -0.05) is 5.16 Å². The Morgan fingerprint density at radius 1 is 1.47 bits per heavy atom. The third kappa shape index (κ3) is 3.28. The second kappa shape index (κ2) is 5.17. The highest BCUT2D eigenvalue weighted by Crippen LogP contribution is 2.22. The summed E-state index contributed by atoms with van der Waals surface area (Å²) in [4.78, 5) is 2.05. The van der Waals surface area contributed by atoms with Gasteiger partial charge >= 0.3 is 0 Å². The van der Waals surface area contributed by atoms with Crippen LogP contribution in [0.2, 0.25) is 0 Å². The molecule has 0 unspecified atom stereocenters. The van der Waals surface area contributed by atoms with E-state index >= 15 is 0 Å². The highest BCUT2D eigenvalue weighted by atomic mass is 32.2. The molecule has 8 nitrogen and oxygen atoms in total. The number of nitrogens with one attached hydrogen (secondary N) is 2. The molecular formula is C8H19N5O3S. The quantitative estimate of drug-likeness (QED) is 0.208. The molecule has 1 saturated heterocycles. The monoisotopic (exact) mass is 265 g/mol. The van der Waals surface area contributed by atoms with Gasteiger partial charge in [0.25, 0.3) is 10.2 Å². The van der Waals surface area contributed by atoms with E-state index in [4.69, 9.17) is 10.9 Å². The predicted molar refractivity (Wildman–Crippen MR) is 64.0 cm³/mol. The van der Waals surface area contributed by atoms with E-state index in [9.17, 15) is 8.42 Å². The molecular weight excluding hydrogens is 246 g/mol. The summed E-state index contributed by atoms with van der Waals surface area (Å²) in [5.74, 6) is -0.107. The lowest BCUT2D eigenvalue weighted by Gasteiger charge is -2.39. The van der Waals surface area contributed by atoms with Crippen LogP contribution in [0.1, 0.15) is 12.8 Å². The highest BCUT2D eigenvalue weighted by Gasteiger charge is 2.41. The third-order valence-electron chi connectivity index (χ3n) is 3.04. The first-order chi connectivity index (χ1) is 7.85. The van der Waals surface area contributed by atoms with Gasteiger partial charge in [0, 0.05) is 20.1 Å².